The molecule has 1 atom stereocenters. The molecule has 1 saturated carbocycles. The summed E-state index contributed by atoms with van der Waals surface area (Å²) in [5.74, 6) is 0. The van der Waals surface area contributed by atoms with Gasteiger partial charge in [-0.3, -0.25) is 0 Å². The van der Waals surface area contributed by atoms with Crippen LogP contribution in [0.1, 0.15) is 58.3 Å². The van der Waals surface area contributed by atoms with Crippen molar-refractivity contribution in [1.82, 2.24) is 0 Å². The highest BCUT2D eigenvalue weighted by Gasteiger charge is 2.46. The van der Waals surface area contributed by atoms with Gasteiger partial charge in [0.05, 0.1) is 17.1 Å². The summed E-state index contributed by atoms with van der Waals surface area (Å²) in [6, 6.07) is 2.43. The first kappa shape index (κ1) is 14.5. The number of nitriles is 1. The van der Waals surface area contributed by atoms with Gasteiger partial charge in [-0.1, -0.05) is 32.1 Å². The van der Waals surface area contributed by atoms with E-state index in [-0.39, 0.29) is 0 Å². The van der Waals surface area contributed by atoms with Gasteiger partial charge in [0.15, 0.2) is 0 Å². The van der Waals surface area contributed by atoms with Crippen molar-refractivity contribution >= 4 is 0 Å². The molecule has 0 amide bonds. The number of nitrogens with zero attached hydrogens (tertiary/aromatic N) is 1. The molecule has 17 heavy (non-hydrogen) atoms. The van der Waals surface area contributed by atoms with Crippen molar-refractivity contribution in [2.24, 2.45) is 5.41 Å². The largest absolute Gasteiger partial charge is 0.388 e. The Kier molecular flexibility index (Phi) is 5.42. The van der Waals surface area contributed by atoms with E-state index in [9.17, 15) is 10.4 Å². The third kappa shape index (κ3) is 3.43. The van der Waals surface area contributed by atoms with Crippen LogP contribution in [-0.4, -0.2) is 24.4 Å². The normalized spacial score (nSPS) is 24.1. The van der Waals surface area contributed by atoms with E-state index in [1.165, 1.54) is 19.3 Å². The van der Waals surface area contributed by atoms with Crippen molar-refractivity contribution in [3.63, 3.8) is 0 Å². The molecule has 0 aromatic heterocycles. The Morgan fingerprint density at radius 1 is 1.24 bits per heavy atom. The Hall–Kier alpha value is -0.590. The second kappa shape index (κ2) is 6.37. The summed E-state index contributed by atoms with van der Waals surface area (Å²) in [5, 5.41) is 20.2. The summed E-state index contributed by atoms with van der Waals surface area (Å²) in [7, 11) is 1.63. The standard InChI is InChI=1S/C14H25NO2/c1-13(16,10-11-17-2)14(12-15)8-6-4-3-5-7-9-14/h16H,3-11H2,1-2H3. The zero-order valence-corrected chi connectivity index (χ0v) is 11.2. The van der Waals surface area contributed by atoms with Crippen LogP contribution in [0.25, 0.3) is 0 Å². The average molecular weight is 239 g/mol. The van der Waals surface area contributed by atoms with E-state index in [0.29, 0.717) is 13.0 Å². The van der Waals surface area contributed by atoms with Crippen molar-refractivity contribution in [3.8, 4) is 6.07 Å². The SMILES string of the molecule is COCCC(C)(O)C1(C#N)CCCCCCC1. The monoisotopic (exact) mass is 239 g/mol. The molecule has 3 nitrogen and oxygen atoms in total. The minimum absolute atomic E-state index is 0.510. The molecule has 0 spiro atoms. The lowest BCUT2D eigenvalue weighted by molar-refractivity contribution is -0.0704. The van der Waals surface area contributed by atoms with Crippen LogP contribution in [0.4, 0.5) is 0 Å². The van der Waals surface area contributed by atoms with Crippen LogP contribution in [0.2, 0.25) is 0 Å². The van der Waals surface area contributed by atoms with Gasteiger partial charge in [-0.05, 0) is 19.8 Å². The summed E-state index contributed by atoms with van der Waals surface area (Å²) in [4.78, 5) is 0. The van der Waals surface area contributed by atoms with Gasteiger partial charge in [0.2, 0.25) is 0 Å². The fourth-order valence-electron chi connectivity index (χ4n) is 2.82. The Balaban J connectivity index is 2.79. The van der Waals surface area contributed by atoms with E-state index in [0.717, 1.165) is 25.7 Å². The van der Waals surface area contributed by atoms with Crippen LogP contribution in [0.3, 0.4) is 0 Å². The van der Waals surface area contributed by atoms with Gasteiger partial charge in [-0.2, -0.15) is 5.26 Å². The number of ether oxygens (including phenoxy) is 1. The third-order valence-electron chi connectivity index (χ3n) is 4.25. The molecule has 1 unspecified atom stereocenters. The molecule has 0 heterocycles. The Bertz CT molecular complexity index is 260. The minimum Gasteiger partial charge on any atom is -0.388 e. The number of hydrogen-bond acceptors (Lipinski definition) is 3. The molecule has 1 fully saturated rings. The van der Waals surface area contributed by atoms with Crippen molar-refractivity contribution in [2.45, 2.75) is 63.9 Å². The van der Waals surface area contributed by atoms with Gasteiger partial charge in [0.25, 0.3) is 0 Å². The van der Waals surface area contributed by atoms with Gasteiger partial charge in [0, 0.05) is 20.1 Å². The summed E-state index contributed by atoms with van der Waals surface area (Å²) in [5.41, 5.74) is -1.51. The molecule has 98 valence electrons. The molecule has 1 N–H and O–H groups in total. The van der Waals surface area contributed by atoms with Crippen LogP contribution in [0.15, 0.2) is 0 Å². The van der Waals surface area contributed by atoms with Crippen LogP contribution in [-0.2, 0) is 4.74 Å². The molecule has 3 heteroatoms. The smallest absolute Gasteiger partial charge is 0.0858 e. The summed E-state index contributed by atoms with van der Waals surface area (Å²) in [6.45, 7) is 2.31. The Labute approximate surface area is 105 Å². The van der Waals surface area contributed by atoms with E-state index in [1.54, 1.807) is 14.0 Å². The highest BCUT2D eigenvalue weighted by molar-refractivity contribution is 5.10. The third-order valence-corrected chi connectivity index (χ3v) is 4.25. The van der Waals surface area contributed by atoms with Crippen molar-refractivity contribution in [1.29, 1.82) is 5.26 Å². The first-order valence-corrected chi connectivity index (χ1v) is 6.70. The average Bonchev–Trinajstić information content (AvgIpc) is 2.26. The maximum absolute atomic E-state index is 10.6. The molecular weight excluding hydrogens is 214 g/mol. The lowest BCUT2D eigenvalue weighted by atomic mass is 9.65. The van der Waals surface area contributed by atoms with Crippen molar-refractivity contribution in [2.75, 3.05) is 13.7 Å². The van der Waals surface area contributed by atoms with E-state index in [1.807, 2.05) is 0 Å². The van der Waals surface area contributed by atoms with E-state index < -0.39 is 11.0 Å². The molecule has 1 aliphatic rings. The van der Waals surface area contributed by atoms with Crippen LogP contribution < -0.4 is 0 Å². The number of hydrogen-bond donors (Lipinski definition) is 1. The lowest BCUT2D eigenvalue weighted by Crippen LogP contribution is -2.46. The summed E-state index contributed by atoms with van der Waals surface area (Å²) < 4.78 is 5.04. The molecule has 1 aliphatic carbocycles. The highest BCUT2D eigenvalue weighted by atomic mass is 16.5. The van der Waals surface area contributed by atoms with Crippen LogP contribution in [0.5, 0.6) is 0 Å². The van der Waals surface area contributed by atoms with Crippen molar-refractivity contribution < 1.29 is 9.84 Å². The predicted octanol–water partition coefficient (Wildman–Crippen LogP) is 3.03. The number of aliphatic hydroxyl groups is 1. The van der Waals surface area contributed by atoms with Gasteiger partial charge in [0.1, 0.15) is 0 Å². The highest BCUT2D eigenvalue weighted by Crippen LogP contribution is 2.44. The maximum atomic E-state index is 10.6. The predicted molar refractivity (Wildman–Crippen MR) is 67.5 cm³/mol. The van der Waals surface area contributed by atoms with Crippen LogP contribution in [0, 0.1) is 16.7 Å². The van der Waals surface area contributed by atoms with E-state index in [4.69, 9.17) is 4.74 Å². The molecule has 0 bridgehead atoms. The topological polar surface area (TPSA) is 53.2 Å². The van der Waals surface area contributed by atoms with Gasteiger partial charge < -0.3 is 9.84 Å². The fraction of sp³-hybridized carbons (Fsp3) is 0.929. The Morgan fingerprint density at radius 2 is 1.76 bits per heavy atom. The molecular formula is C14H25NO2. The summed E-state index contributed by atoms with van der Waals surface area (Å²) >= 11 is 0. The van der Waals surface area contributed by atoms with Gasteiger partial charge in [-0.15, -0.1) is 0 Å². The lowest BCUT2D eigenvalue weighted by Gasteiger charge is -2.41. The zero-order chi connectivity index (χ0) is 12.8. The minimum atomic E-state index is -0.935. The molecule has 0 aromatic carbocycles. The maximum Gasteiger partial charge on any atom is 0.0858 e. The Morgan fingerprint density at radius 3 is 2.24 bits per heavy atom. The van der Waals surface area contributed by atoms with Crippen LogP contribution >= 0.6 is 0 Å². The quantitative estimate of drug-likeness (QED) is 0.820. The molecule has 1 rings (SSSR count). The number of methoxy groups -OCH3 is 1. The summed E-state index contributed by atoms with van der Waals surface area (Å²) in [6.07, 6.45) is 7.92. The second-order valence-corrected chi connectivity index (χ2v) is 5.48. The molecule has 0 aliphatic heterocycles. The molecule has 0 saturated heterocycles. The van der Waals surface area contributed by atoms with Gasteiger partial charge in [-0.25, -0.2) is 0 Å². The number of rotatable bonds is 4. The molecule has 0 aromatic rings. The first-order chi connectivity index (χ1) is 8.08. The fourth-order valence-corrected chi connectivity index (χ4v) is 2.82. The second-order valence-electron chi connectivity index (χ2n) is 5.48. The van der Waals surface area contributed by atoms with E-state index in [2.05, 4.69) is 6.07 Å². The van der Waals surface area contributed by atoms with Gasteiger partial charge >= 0.3 is 0 Å². The first-order valence-electron chi connectivity index (χ1n) is 6.70. The molecule has 0 radical (unpaired) electrons. The zero-order valence-electron chi connectivity index (χ0n) is 11.2. The van der Waals surface area contributed by atoms with Crippen molar-refractivity contribution in [3.05, 3.63) is 0 Å². The van der Waals surface area contributed by atoms with E-state index >= 15 is 0 Å².